The van der Waals surface area contributed by atoms with Crippen molar-refractivity contribution in [2.45, 2.75) is 46.1 Å². The van der Waals surface area contributed by atoms with E-state index in [-0.39, 0.29) is 28.5 Å². The van der Waals surface area contributed by atoms with E-state index in [4.69, 9.17) is 11.6 Å². The molecular formula is C12H22ClNO2S. The Morgan fingerprint density at radius 3 is 2.47 bits per heavy atom. The largest absolute Gasteiger partial charge is 0.213 e. The first kappa shape index (κ1) is 13.6. The lowest BCUT2D eigenvalue weighted by molar-refractivity contribution is 0.127. The number of alkyl halides is 1. The fourth-order valence-electron chi connectivity index (χ4n) is 3.94. The molecule has 0 aromatic rings. The second-order valence-corrected chi connectivity index (χ2v) is 8.73. The van der Waals surface area contributed by atoms with Crippen LogP contribution in [0, 0.1) is 16.7 Å². The summed E-state index contributed by atoms with van der Waals surface area (Å²) in [5.41, 5.74) is 0.194. The van der Waals surface area contributed by atoms with E-state index in [0.29, 0.717) is 5.92 Å². The highest BCUT2D eigenvalue weighted by molar-refractivity contribution is 7.89. The summed E-state index contributed by atoms with van der Waals surface area (Å²) in [6.45, 7) is 6.60. The first-order valence-electron chi connectivity index (χ1n) is 6.27. The Balaban J connectivity index is 2.21. The number of fused-ring (bicyclic) bond motifs is 2. The molecule has 0 aliphatic heterocycles. The molecule has 0 spiro atoms. The van der Waals surface area contributed by atoms with Crippen molar-refractivity contribution in [2.24, 2.45) is 16.7 Å². The summed E-state index contributed by atoms with van der Waals surface area (Å²) in [6.07, 6.45) is 3.51. The number of sulfonamides is 1. The standard InChI is InChI=1S/C12H22ClNO2S/c1-11(2)9-4-5-12(3,8-9)10(11)14-17(15,16)7-6-13/h9-10,14H,4-8H2,1-3H3. The highest BCUT2D eigenvalue weighted by atomic mass is 35.5. The molecule has 3 unspecified atom stereocenters. The monoisotopic (exact) mass is 279 g/mol. The Kier molecular flexibility index (Phi) is 3.29. The van der Waals surface area contributed by atoms with Crippen LogP contribution < -0.4 is 4.72 Å². The molecule has 2 bridgehead atoms. The lowest BCUT2D eigenvalue weighted by atomic mass is 9.69. The van der Waals surface area contributed by atoms with Crippen LogP contribution in [0.25, 0.3) is 0 Å². The van der Waals surface area contributed by atoms with Gasteiger partial charge in [-0.15, -0.1) is 11.6 Å². The molecule has 2 rings (SSSR count). The second kappa shape index (κ2) is 4.10. The van der Waals surface area contributed by atoms with Crippen molar-refractivity contribution >= 4 is 21.6 Å². The SMILES string of the molecule is CC12CCC(C1)C(C)(C)C2NS(=O)(=O)CCCl. The van der Waals surface area contributed by atoms with Gasteiger partial charge in [-0.1, -0.05) is 20.8 Å². The Hall–Kier alpha value is 0.200. The van der Waals surface area contributed by atoms with Crippen LogP contribution in [0.5, 0.6) is 0 Å². The van der Waals surface area contributed by atoms with E-state index in [2.05, 4.69) is 25.5 Å². The number of hydrogen-bond donors (Lipinski definition) is 1. The van der Waals surface area contributed by atoms with Gasteiger partial charge in [0.05, 0.1) is 5.75 Å². The van der Waals surface area contributed by atoms with Crippen LogP contribution in [0.4, 0.5) is 0 Å². The van der Waals surface area contributed by atoms with E-state index >= 15 is 0 Å². The molecule has 2 fully saturated rings. The van der Waals surface area contributed by atoms with E-state index in [1.807, 2.05) is 0 Å². The molecule has 5 heteroatoms. The third-order valence-electron chi connectivity index (χ3n) is 4.91. The van der Waals surface area contributed by atoms with Crippen molar-refractivity contribution < 1.29 is 8.42 Å². The molecule has 0 heterocycles. The highest BCUT2D eigenvalue weighted by Crippen LogP contribution is 2.62. The molecule has 2 aliphatic rings. The minimum absolute atomic E-state index is 0.0158. The Morgan fingerprint density at radius 1 is 1.35 bits per heavy atom. The van der Waals surface area contributed by atoms with Gasteiger partial charge in [0.2, 0.25) is 10.0 Å². The molecule has 3 nitrogen and oxygen atoms in total. The van der Waals surface area contributed by atoms with Crippen molar-refractivity contribution in [1.29, 1.82) is 0 Å². The summed E-state index contributed by atoms with van der Waals surface area (Å²) in [7, 11) is -3.23. The van der Waals surface area contributed by atoms with E-state index in [1.165, 1.54) is 6.42 Å². The van der Waals surface area contributed by atoms with Gasteiger partial charge in [0.15, 0.2) is 0 Å². The van der Waals surface area contributed by atoms with Crippen molar-refractivity contribution in [1.82, 2.24) is 4.72 Å². The van der Waals surface area contributed by atoms with E-state index in [0.717, 1.165) is 12.8 Å². The first-order valence-corrected chi connectivity index (χ1v) is 8.46. The predicted octanol–water partition coefficient (Wildman–Crippen LogP) is 2.36. The van der Waals surface area contributed by atoms with Crippen molar-refractivity contribution in [2.75, 3.05) is 11.6 Å². The Morgan fingerprint density at radius 2 is 2.00 bits per heavy atom. The van der Waals surface area contributed by atoms with Crippen molar-refractivity contribution in [3.8, 4) is 0 Å². The van der Waals surface area contributed by atoms with E-state index < -0.39 is 10.0 Å². The molecule has 0 radical (unpaired) electrons. The molecular weight excluding hydrogens is 258 g/mol. The molecule has 100 valence electrons. The van der Waals surface area contributed by atoms with Crippen LogP contribution in [-0.4, -0.2) is 26.1 Å². The lowest BCUT2D eigenvalue weighted by Gasteiger charge is -2.42. The Bertz CT molecular complexity index is 402. The Labute approximate surface area is 109 Å². The summed E-state index contributed by atoms with van der Waals surface area (Å²) < 4.78 is 26.7. The summed E-state index contributed by atoms with van der Waals surface area (Å²) in [5, 5.41) is 0. The number of rotatable bonds is 4. The summed E-state index contributed by atoms with van der Waals surface area (Å²) in [4.78, 5) is 0. The van der Waals surface area contributed by atoms with Gasteiger partial charge in [-0.2, -0.15) is 0 Å². The van der Waals surface area contributed by atoms with Crippen molar-refractivity contribution in [3.05, 3.63) is 0 Å². The average molecular weight is 280 g/mol. The molecule has 17 heavy (non-hydrogen) atoms. The molecule has 2 saturated carbocycles. The van der Waals surface area contributed by atoms with Crippen LogP contribution >= 0.6 is 11.6 Å². The smallest absolute Gasteiger partial charge is 0.212 e. The summed E-state index contributed by atoms with van der Waals surface area (Å²) in [6, 6.07) is 0.0574. The molecule has 0 aromatic carbocycles. The van der Waals surface area contributed by atoms with Gasteiger partial charge >= 0.3 is 0 Å². The van der Waals surface area contributed by atoms with Gasteiger partial charge < -0.3 is 0 Å². The van der Waals surface area contributed by atoms with Crippen LogP contribution in [0.15, 0.2) is 0 Å². The second-order valence-electron chi connectivity index (χ2n) is 6.47. The maximum atomic E-state index is 11.9. The summed E-state index contributed by atoms with van der Waals surface area (Å²) in [5.74, 6) is 0.820. The average Bonchev–Trinajstić information content (AvgIpc) is 2.64. The maximum Gasteiger partial charge on any atom is 0.213 e. The van der Waals surface area contributed by atoms with Crippen LogP contribution in [0.1, 0.15) is 40.0 Å². The fourth-order valence-corrected chi connectivity index (χ4v) is 5.81. The minimum Gasteiger partial charge on any atom is -0.212 e. The van der Waals surface area contributed by atoms with E-state index in [1.54, 1.807) is 0 Å². The lowest BCUT2D eigenvalue weighted by Crippen LogP contribution is -2.52. The first-order chi connectivity index (χ1) is 7.71. The summed E-state index contributed by atoms with van der Waals surface area (Å²) >= 11 is 5.54. The zero-order chi connectivity index (χ0) is 12.9. The molecule has 3 atom stereocenters. The molecule has 0 saturated heterocycles. The predicted molar refractivity (Wildman–Crippen MR) is 70.7 cm³/mol. The van der Waals surface area contributed by atoms with Gasteiger partial charge in [0, 0.05) is 11.9 Å². The number of nitrogens with one attached hydrogen (secondary N) is 1. The van der Waals surface area contributed by atoms with Crippen LogP contribution in [0.2, 0.25) is 0 Å². The van der Waals surface area contributed by atoms with Gasteiger partial charge in [-0.25, -0.2) is 13.1 Å². The minimum atomic E-state index is -3.23. The molecule has 0 amide bonds. The van der Waals surface area contributed by atoms with E-state index in [9.17, 15) is 8.42 Å². The normalized spacial score (nSPS) is 39.8. The van der Waals surface area contributed by atoms with Crippen molar-refractivity contribution in [3.63, 3.8) is 0 Å². The molecule has 1 N–H and O–H groups in total. The van der Waals surface area contributed by atoms with Crippen LogP contribution in [0.3, 0.4) is 0 Å². The number of hydrogen-bond acceptors (Lipinski definition) is 2. The fraction of sp³-hybridized carbons (Fsp3) is 1.00. The van der Waals surface area contributed by atoms with Gasteiger partial charge in [-0.05, 0) is 36.0 Å². The topological polar surface area (TPSA) is 46.2 Å². The van der Waals surface area contributed by atoms with Crippen LogP contribution in [-0.2, 0) is 10.0 Å². The zero-order valence-corrected chi connectivity index (χ0v) is 12.4. The quantitative estimate of drug-likeness (QED) is 0.803. The third kappa shape index (κ3) is 2.24. The third-order valence-corrected chi connectivity index (χ3v) is 6.66. The maximum absolute atomic E-state index is 11.9. The highest BCUT2D eigenvalue weighted by Gasteiger charge is 2.60. The van der Waals surface area contributed by atoms with Gasteiger partial charge in [0.25, 0.3) is 0 Å². The van der Waals surface area contributed by atoms with Gasteiger partial charge in [-0.3, -0.25) is 0 Å². The molecule has 2 aliphatic carbocycles. The van der Waals surface area contributed by atoms with Gasteiger partial charge in [0.1, 0.15) is 0 Å². The zero-order valence-electron chi connectivity index (χ0n) is 10.8. The molecule has 0 aromatic heterocycles. The number of halogens is 1.